The average molecular weight is 396 g/mol. The summed E-state index contributed by atoms with van der Waals surface area (Å²) in [7, 11) is 0. The van der Waals surface area contributed by atoms with Crippen molar-refractivity contribution in [3.05, 3.63) is 65.9 Å². The molecule has 1 heterocycles. The molecule has 3 nitrogen and oxygen atoms in total. The summed E-state index contributed by atoms with van der Waals surface area (Å²) in [5.41, 5.74) is 4.44. The van der Waals surface area contributed by atoms with Gasteiger partial charge in [-0.3, -0.25) is 4.79 Å². The summed E-state index contributed by atoms with van der Waals surface area (Å²) in [6.07, 6.45) is 7.49. The van der Waals surface area contributed by atoms with Crippen LogP contribution in [0.3, 0.4) is 0 Å². The maximum atomic E-state index is 13.0. The monoisotopic (exact) mass is 396 g/mol. The van der Waals surface area contributed by atoms with Crippen LogP contribution in [0.2, 0.25) is 0 Å². The van der Waals surface area contributed by atoms with Gasteiger partial charge >= 0.3 is 0 Å². The number of alkyl halides is 2. The van der Waals surface area contributed by atoms with Gasteiger partial charge in [-0.2, -0.15) is 0 Å². The lowest BCUT2D eigenvalue weighted by atomic mass is 9.95. The molecular weight excluding hydrogens is 370 g/mol. The number of hydrogen-bond donors (Lipinski definition) is 1. The zero-order valence-electron chi connectivity index (χ0n) is 17.1. The molecule has 0 saturated heterocycles. The summed E-state index contributed by atoms with van der Waals surface area (Å²) in [5, 5.41) is 4.29. The van der Waals surface area contributed by atoms with Crippen molar-refractivity contribution in [1.29, 1.82) is 0 Å². The number of allylic oxidation sites excluding steroid dienone is 5. The molecule has 1 aromatic carbocycles. The normalized spacial score (nSPS) is 18.6. The minimum Gasteiger partial charge on any atom is -0.310 e. The van der Waals surface area contributed by atoms with Crippen LogP contribution in [-0.2, 0) is 4.79 Å². The molecular formula is C24H26F2N2O. The lowest BCUT2D eigenvalue weighted by Crippen LogP contribution is -2.18. The summed E-state index contributed by atoms with van der Waals surface area (Å²) < 4.78 is 26.1. The van der Waals surface area contributed by atoms with Crippen LogP contribution in [0.4, 0.5) is 14.6 Å². The number of amides is 1. The van der Waals surface area contributed by atoms with Crippen LogP contribution in [0.5, 0.6) is 0 Å². The number of rotatable bonds is 7. The second-order valence-corrected chi connectivity index (χ2v) is 7.58. The molecule has 1 saturated carbocycles. The first-order valence-corrected chi connectivity index (χ1v) is 9.86. The largest absolute Gasteiger partial charge is 0.310 e. The SMILES string of the molecule is C=C(/C=C(C)\C(=C/C)c1ccc2cc(NC(=O)C3CC3(F)F)ncc2c1)CCC. The molecule has 1 fully saturated rings. The Balaban J connectivity index is 1.81. The van der Waals surface area contributed by atoms with Crippen molar-refractivity contribution in [2.75, 3.05) is 5.32 Å². The van der Waals surface area contributed by atoms with Crippen LogP contribution in [0.25, 0.3) is 16.3 Å². The highest BCUT2D eigenvalue weighted by Gasteiger charge is 2.61. The Morgan fingerprint density at radius 3 is 2.69 bits per heavy atom. The van der Waals surface area contributed by atoms with E-state index in [0.717, 1.165) is 45.9 Å². The third-order valence-electron chi connectivity index (χ3n) is 5.13. The second-order valence-electron chi connectivity index (χ2n) is 7.58. The molecule has 1 amide bonds. The fourth-order valence-electron chi connectivity index (χ4n) is 3.49. The Morgan fingerprint density at radius 2 is 2.07 bits per heavy atom. The lowest BCUT2D eigenvalue weighted by molar-refractivity contribution is -0.119. The Hall–Kier alpha value is -2.82. The van der Waals surface area contributed by atoms with E-state index in [-0.39, 0.29) is 12.2 Å². The van der Waals surface area contributed by atoms with E-state index in [9.17, 15) is 13.6 Å². The van der Waals surface area contributed by atoms with Gasteiger partial charge in [-0.15, -0.1) is 0 Å². The first kappa shape index (κ1) is 20.9. The van der Waals surface area contributed by atoms with Crippen LogP contribution < -0.4 is 5.32 Å². The van der Waals surface area contributed by atoms with E-state index in [2.05, 4.69) is 42.9 Å². The van der Waals surface area contributed by atoms with E-state index in [1.807, 2.05) is 25.1 Å². The molecule has 1 aliphatic rings. The van der Waals surface area contributed by atoms with Gasteiger partial charge in [0.05, 0.1) is 0 Å². The maximum Gasteiger partial charge on any atom is 0.260 e. The van der Waals surface area contributed by atoms with E-state index >= 15 is 0 Å². The van der Waals surface area contributed by atoms with Gasteiger partial charge in [-0.05, 0) is 54.5 Å². The number of halogens is 2. The molecule has 1 N–H and O–H groups in total. The molecule has 3 rings (SSSR count). The Kier molecular flexibility index (Phi) is 5.96. The second kappa shape index (κ2) is 8.27. The summed E-state index contributed by atoms with van der Waals surface area (Å²) in [6.45, 7) is 10.3. The molecule has 0 spiro atoms. The van der Waals surface area contributed by atoms with E-state index in [1.54, 1.807) is 12.3 Å². The fraction of sp³-hybridized carbons (Fsp3) is 0.333. The zero-order chi connectivity index (χ0) is 21.2. The van der Waals surface area contributed by atoms with Crippen LogP contribution in [0.15, 0.2) is 60.3 Å². The van der Waals surface area contributed by atoms with Gasteiger partial charge < -0.3 is 5.32 Å². The van der Waals surface area contributed by atoms with Crippen molar-refractivity contribution < 1.29 is 13.6 Å². The summed E-state index contributed by atoms with van der Waals surface area (Å²) in [5.74, 6) is -4.51. The van der Waals surface area contributed by atoms with Gasteiger partial charge in [-0.25, -0.2) is 13.8 Å². The Labute approximate surface area is 170 Å². The highest BCUT2D eigenvalue weighted by molar-refractivity contribution is 5.97. The third-order valence-corrected chi connectivity index (χ3v) is 5.13. The van der Waals surface area contributed by atoms with E-state index < -0.39 is 17.7 Å². The van der Waals surface area contributed by atoms with Crippen LogP contribution in [0, 0.1) is 5.92 Å². The fourth-order valence-corrected chi connectivity index (χ4v) is 3.49. The van der Waals surface area contributed by atoms with Gasteiger partial charge in [0.1, 0.15) is 11.7 Å². The summed E-state index contributed by atoms with van der Waals surface area (Å²) >= 11 is 0. The van der Waals surface area contributed by atoms with Crippen molar-refractivity contribution in [2.45, 2.75) is 46.0 Å². The van der Waals surface area contributed by atoms with Gasteiger partial charge in [0, 0.05) is 18.0 Å². The maximum absolute atomic E-state index is 13.0. The molecule has 1 aliphatic carbocycles. The number of pyridine rings is 1. The highest BCUT2D eigenvalue weighted by Crippen LogP contribution is 2.49. The number of nitrogens with zero attached hydrogens (tertiary/aromatic N) is 1. The predicted octanol–water partition coefficient (Wildman–Crippen LogP) is 6.53. The number of nitrogens with one attached hydrogen (secondary N) is 1. The van der Waals surface area contributed by atoms with Crippen molar-refractivity contribution in [3.63, 3.8) is 0 Å². The van der Waals surface area contributed by atoms with Crippen molar-refractivity contribution in [1.82, 2.24) is 4.98 Å². The molecule has 1 atom stereocenters. The number of anilines is 1. The van der Waals surface area contributed by atoms with Gasteiger partial charge in [-0.1, -0.05) is 49.8 Å². The molecule has 0 radical (unpaired) electrons. The first-order valence-electron chi connectivity index (χ1n) is 9.86. The molecule has 1 unspecified atom stereocenters. The standard InChI is InChI=1S/C24H26F2N2O/c1-5-7-15(3)10-16(4)20(6-2)18-9-8-17-12-22(27-14-19(17)11-18)28-23(29)21-13-24(21,25)26/h6,8-12,14,21H,3,5,7,13H2,1-2,4H3,(H,27,28,29)/b16-10-,20-6+. The van der Waals surface area contributed by atoms with Gasteiger partial charge in [0.2, 0.25) is 5.91 Å². The molecule has 1 aromatic heterocycles. The summed E-state index contributed by atoms with van der Waals surface area (Å²) in [4.78, 5) is 16.1. The smallest absolute Gasteiger partial charge is 0.260 e. The van der Waals surface area contributed by atoms with Crippen molar-refractivity contribution in [2.24, 2.45) is 5.92 Å². The predicted molar refractivity (Wildman–Crippen MR) is 115 cm³/mol. The number of aromatic nitrogens is 1. The van der Waals surface area contributed by atoms with E-state index in [1.165, 1.54) is 0 Å². The van der Waals surface area contributed by atoms with Crippen LogP contribution in [0.1, 0.15) is 45.6 Å². The Morgan fingerprint density at radius 1 is 1.34 bits per heavy atom. The summed E-state index contributed by atoms with van der Waals surface area (Å²) in [6, 6.07) is 7.71. The minimum absolute atomic E-state index is 0.288. The highest BCUT2D eigenvalue weighted by atomic mass is 19.3. The van der Waals surface area contributed by atoms with Gasteiger partial charge in [0.15, 0.2) is 0 Å². The van der Waals surface area contributed by atoms with Crippen molar-refractivity contribution >= 4 is 28.1 Å². The van der Waals surface area contributed by atoms with E-state index in [4.69, 9.17) is 0 Å². The number of fused-ring (bicyclic) bond motifs is 1. The number of carbonyl (C=O) groups excluding carboxylic acids is 1. The minimum atomic E-state index is -2.88. The topological polar surface area (TPSA) is 42.0 Å². The number of benzene rings is 1. The molecule has 152 valence electrons. The molecule has 29 heavy (non-hydrogen) atoms. The van der Waals surface area contributed by atoms with Crippen LogP contribution in [-0.4, -0.2) is 16.8 Å². The molecule has 0 aliphatic heterocycles. The molecule has 5 heteroatoms. The quantitative estimate of drug-likeness (QED) is 0.540. The van der Waals surface area contributed by atoms with Crippen molar-refractivity contribution in [3.8, 4) is 0 Å². The molecule has 2 aromatic rings. The van der Waals surface area contributed by atoms with Gasteiger partial charge in [0.25, 0.3) is 5.92 Å². The molecule has 0 bridgehead atoms. The zero-order valence-corrected chi connectivity index (χ0v) is 17.1. The number of carbonyl (C=O) groups is 1. The van der Waals surface area contributed by atoms with Crippen LogP contribution >= 0.6 is 0 Å². The van der Waals surface area contributed by atoms with E-state index in [0.29, 0.717) is 0 Å². The first-order chi connectivity index (χ1) is 13.7. The number of hydrogen-bond acceptors (Lipinski definition) is 2. The third kappa shape index (κ3) is 4.78. The lowest BCUT2D eigenvalue weighted by Gasteiger charge is -2.11. The Bertz CT molecular complexity index is 1020. The average Bonchev–Trinajstić information content (AvgIpc) is 3.31.